The number of thiocarbonyl (C=S) groups is 1. The molecule has 1 amide bonds. The zero-order valence-corrected chi connectivity index (χ0v) is 16.5. The molecule has 0 atom stereocenters. The van der Waals surface area contributed by atoms with E-state index >= 15 is 0 Å². The lowest BCUT2D eigenvalue weighted by Gasteiger charge is -2.14. The minimum atomic E-state index is -0.0895. The van der Waals surface area contributed by atoms with Gasteiger partial charge in [-0.3, -0.25) is 9.69 Å². The zero-order chi connectivity index (χ0) is 19.4. The third-order valence-corrected chi connectivity index (χ3v) is 4.88. The fourth-order valence-electron chi connectivity index (χ4n) is 2.88. The summed E-state index contributed by atoms with van der Waals surface area (Å²) in [5.41, 5.74) is 2.47. The Kier molecular flexibility index (Phi) is 5.76. The molecule has 1 aliphatic heterocycles. The van der Waals surface area contributed by atoms with Gasteiger partial charge in [-0.05, 0) is 48.5 Å². The summed E-state index contributed by atoms with van der Waals surface area (Å²) < 4.78 is 11.3. The first kappa shape index (κ1) is 18.9. The number of hydrogen-bond acceptors (Lipinski definition) is 4. The quantitative estimate of drug-likeness (QED) is 0.563. The molecule has 0 spiro atoms. The van der Waals surface area contributed by atoms with Gasteiger partial charge in [0.25, 0.3) is 5.91 Å². The number of rotatable bonds is 6. The van der Waals surface area contributed by atoms with E-state index < -0.39 is 0 Å². The van der Waals surface area contributed by atoms with E-state index in [-0.39, 0.29) is 5.91 Å². The van der Waals surface area contributed by atoms with Crippen LogP contribution in [0.4, 0.5) is 0 Å². The van der Waals surface area contributed by atoms with Crippen molar-refractivity contribution in [3.8, 4) is 11.5 Å². The first-order valence-corrected chi connectivity index (χ1v) is 9.12. The van der Waals surface area contributed by atoms with Gasteiger partial charge in [-0.2, -0.15) is 0 Å². The van der Waals surface area contributed by atoms with Crippen LogP contribution in [0.25, 0.3) is 6.08 Å². The molecule has 6 heteroatoms. The van der Waals surface area contributed by atoms with Gasteiger partial charge in [-0.25, -0.2) is 0 Å². The maximum atomic E-state index is 12.5. The van der Waals surface area contributed by atoms with E-state index in [9.17, 15) is 4.79 Å². The smallest absolute Gasteiger partial charge is 0.276 e. The third kappa shape index (κ3) is 3.95. The van der Waals surface area contributed by atoms with Crippen LogP contribution < -0.4 is 9.47 Å². The number of amides is 1. The zero-order valence-electron chi connectivity index (χ0n) is 15.6. The first-order chi connectivity index (χ1) is 13.0. The van der Waals surface area contributed by atoms with Crippen molar-refractivity contribution in [3.63, 3.8) is 0 Å². The van der Waals surface area contributed by atoms with Crippen LogP contribution in [-0.4, -0.2) is 41.5 Å². The molecule has 140 valence electrons. The average Bonchev–Trinajstić information content (AvgIpc) is 2.90. The third-order valence-electron chi connectivity index (χ3n) is 4.39. The second kappa shape index (κ2) is 8.22. The second-order valence-corrected chi connectivity index (χ2v) is 6.47. The van der Waals surface area contributed by atoms with Crippen molar-refractivity contribution < 1.29 is 14.3 Å². The normalized spacial score (nSPS) is 15.6. The minimum Gasteiger partial charge on any atom is -0.493 e. The average molecular weight is 382 g/mol. The molecular formula is C21H22N2O3S. The monoisotopic (exact) mass is 382 g/mol. The highest BCUT2D eigenvalue weighted by atomic mass is 32.1. The minimum absolute atomic E-state index is 0.0895. The molecule has 3 rings (SSSR count). The number of methoxy groups -OCH3 is 1. The molecule has 1 aliphatic rings. The van der Waals surface area contributed by atoms with E-state index in [0.29, 0.717) is 35.5 Å². The van der Waals surface area contributed by atoms with Gasteiger partial charge in [0, 0.05) is 13.6 Å². The van der Waals surface area contributed by atoms with Crippen molar-refractivity contribution >= 4 is 29.3 Å². The molecule has 27 heavy (non-hydrogen) atoms. The van der Waals surface area contributed by atoms with Crippen LogP contribution in [-0.2, 0) is 11.4 Å². The van der Waals surface area contributed by atoms with Crippen molar-refractivity contribution in [2.75, 3.05) is 20.7 Å². The summed E-state index contributed by atoms with van der Waals surface area (Å²) in [7, 11) is 3.40. The molecule has 0 N–H and O–H groups in total. The molecule has 2 aromatic rings. The number of ether oxygens (including phenoxy) is 2. The number of benzene rings is 2. The Morgan fingerprint density at radius 2 is 1.85 bits per heavy atom. The summed E-state index contributed by atoms with van der Waals surface area (Å²) in [5.74, 6) is 1.18. The Morgan fingerprint density at radius 1 is 1.11 bits per heavy atom. The Morgan fingerprint density at radius 3 is 2.48 bits per heavy atom. The molecule has 1 saturated heterocycles. The van der Waals surface area contributed by atoms with Crippen LogP contribution in [0.1, 0.15) is 18.1 Å². The van der Waals surface area contributed by atoms with Gasteiger partial charge in [0.15, 0.2) is 16.6 Å². The predicted molar refractivity (Wildman–Crippen MR) is 109 cm³/mol. The van der Waals surface area contributed by atoms with Gasteiger partial charge in [0.1, 0.15) is 12.3 Å². The van der Waals surface area contributed by atoms with Gasteiger partial charge in [-0.15, -0.1) is 0 Å². The van der Waals surface area contributed by atoms with Crippen molar-refractivity contribution in [2.45, 2.75) is 13.5 Å². The van der Waals surface area contributed by atoms with Crippen LogP contribution in [0.3, 0.4) is 0 Å². The largest absolute Gasteiger partial charge is 0.493 e. The molecular weight excluding hydrogens is 360 g/mol. The van der Waals surface area contributed by atoms with Crippen LogP contribution in [0, 0.1) is 0 Å². The molecule has 0 bridgehead atoms. The Bertz CT molecular complexity index is 880. The molecule has 5 nitrogen and oxygen atoms in total. The summed E-state index contributed by atoms with van der Waals surface area (Å²) >= 11 is 5.33. The Hall–Kier alpha value is -2.86. The summed E-state index contributed by atoms with van der Waals surface area (Å²) in [6.07, 6.45) is 1.81. The number of carbonyl (C=O) groups is 1. The van der Waals surface area contributed by atoms with Crippen molar-refractivity contribution in [2.24, 2.45) is 0 Å². The molecule has 0 aliphatic carbocycles. The van der Waals surface area contributed by atoms with E-state index in [1.165, 1.54) is 0 Å². The summed E-state index contributed by atoms with van der Waals surface area (Å²) in [4.78, 5) is 15.8. The molecule has 0 aromatic heterocycles. The van der Waals surface area contributed by atoms with E-state index in [2.05, 4.69) is 0 Å². The molecule has 1 heterocycles. The van der Waals surface area contributed by atoms with Gasteiger partial charge in [0.2, 0.25) is 0 Å². The highest BCUT2D eigenvalue weighted by Crippen LogP contribution is 2.31. The van der Waals surface area contributed by atoms with Crippen molar-refractivity contribution in [1.82, 2.24) is 9.80 Å². The molecule has 1 fully saturated rings. The number of nitrogens with zero attached hydrogens (tertiary/aromatic N) is 2. The van der Waals surface area contributed by atoms with Crippen LogP contribution in [0.5, 0.6) is 11.5 Å². The van der Waals surface area contributed by atoms with Gasteiger partial charge >= 0.3 is 0 Å². The van der Waals surface area contributed by atoms with Gasteiger partial charge < -0.3 is 14.4 Å². The number of likely N-dealkylation sites (N-methyl/N-ethyl adjacent to an activating group) is 2. The molecule has 0 unspecified atom stereocenters. The highest BCUT2D eigenvalue weighted by Gasteiger charge is 2.34. The Balaban J connectivity index is 1.82. The summed E-state index contributed by atoms with van der Waals surface area (Å²) in [5, 5.41) is 0.517. The number of carbonyl (C=O) groups excluding carboxylic acids is 1. The predicted octanol–water partition coefficient (Wildman–Crippen LogP) is 3.69. The second-order valence-electron chi connectivity index (χ2n) is 6.11. The fraction of sp³-hybridized carbons (Fsp3) is 0.238. The fourth-order valence-corrected chi connectivity index (χ4v) is 3.19. The standard InChI is InChI=1S/C21H22N2O3S/c1-4-23-20(24)17(22(2)21(23)27)12-16-10-11-18(19(13-16)25-3)26-14-15-8-6-5-7-9-15/h5-13H,4,14H2,1-3H3/b17-12-. The molecule has 0 radical (unpaired) electrons. The maximum Gasteiger partial charge on any atom is 0.276 e. The van der Waals surface area contributed by atoms with Crippen LogP contribution in [0.15, 0.2) is 54.2 Å². The lowest BCUT2D eigenvalue weighted by atomic mass is 10.1. The SMILES string of the molecule is CCN1C(=O)/C(=C/c2ccc(OCc3ccccc3)c(OC)c2)N(C)C1=S. The van der Waals surface area contributed by atoms with E-state index in [1.807, 2.05) is 61.5 Å². The van der Waals surface area contributed by atoms with Crippen molar-refractivity contribution in [1.29, 1.82) is 0 Å². The highest BCUT2D eigenvalue weighted by molar-refractivity contribution is 7.80. The lowest BCUT2D eigenvalue weighted by Crippen LogP contribution is -2.30. The molecule has 0 saturated carbocycles. The van der Waals surface area contributed by atoms with E-state index in [4.69, 9.17) is 21.7 Å². The van der Waals surface area contributed by atoms with Crippen LogP contribution in [0.2, 0.25) is 0 Å². The summed E-state index contributed by atoms with van der Waals surface area (Å²) in [6.45, 7) is 2.91. The van der Waals surface area contributed by atoms with E-state index in [1.54, 1.807) is 24.0 Å². The topological polar surface area (TPSA) is 42.0 Å². The van der Waals surface area contributed by atoms with Crippen molar-refractivity contribution in [3.05, 3.63) is 65.4 Å². The van der Waals surface area contributed by atoms with E-state index in [0.717, 1.165) is 11.1 Å². The lowest BCUT2D eigenvalue weighted by molar-refractivity contribution is -0.122. The summed E-state index contributed by atoms with van der Waals surface area (Å²) in [6, 6.07) is 15.5. The maximum absolute atomic E-state index is 12.5. The number of hydrogen-bond donors (Lipinski definition) is 0. The van der Waals surface area contributed by atoms with Crippen LogP contribution >= 0.6 is 12.2 Å². The molecule has 2 aromatic carbocycles. The van der Waals surface area contributed by atoms with Gasteiger partial charge in [0.05, 0.1) is 7.11 Å². The van der Waals surface area contributed by atoms with Gasteiger partial charge in [-0.1, -0.05) is 36.4 Å². The Labute approximate surface area is 164 Å². The first-order valence-electron chi connectivity index (χ1n) is 8.71.